The highest BCUT2D eigenvalue weighted by atomic mass is 16.5. The summed E-state index contributed by atoms with van der Waals surface area (Å²) in [6.07, 6.45) is 92.1. The molecule has 0 bridgehead atoms. The summed E-state index contributed by atoms with van der Waals surface area (Å²) in [5, 5.41) is 23.4. The van der Waals surface area contributed by atoms with Crippen LogP contribution in [0, 0.1) is 0 Å². The summed E-state index contributed by atoms with van der Waals surface area (Å²) in [6.45, 7) is 4.96. The Morgan fingerprint density at radius 1 is 0.341 bits per heavy atom. The zero-order valence-electron chi connectivity index (χ0n) is 55.5. The normalized spacial score (nSPS) is 12.7. The minimum absolute atomic E-state index is 0.0134. The molecule has 0 rings (SSSR count). The van der Waals surface area contributed by atoms with Crippen molar-refractivity contribution < 1.29 is 24.5 Å². The lowest BCUT2D eigenvalue weighted by Gasteiger charge is -2.22. The van der Waals surface area contributed by atoms with Gasteiger partial charge in [0.05, 0.1) is 25.4 Å². The second kappa shape index (κ2) is 71.6. The third-order valence-corrected chi connectivity index (χ3v) is 17.4. The van der Waals surface area contributed by atoms with Crippen LogP contribution in [0.3, 0.4) is 0 Å². The van der Waals surface area contributed by atoms with Gasteiger partial charge in [-0.1, -0.05) is 352 Å². The lowest BCUT2D eigenvalue weighted by atomic mass is 10.0. The van der Waals surface area contributed by atoms with Gasteiger partial charge in [-0.15, -0.1) is 0 Å². The minimum atomic E-state index is -0.664. The topological polar surface area (TPSA) is 95.9 Å². The van der Waals surface area contributed by atoms with E-state index in [9.17, 15) is 19.8 Å². The van der Waals surface area contributed by atoms with Gasteiger partial charge in [0, 0.05) is 12.8 Å². The van der Waals surface area contributed by atoms with Crippen LogP contribution in [0.15, 0.2) is 36.5 Å². The first-order chi connectivity index (χ1) is 40.5. The zero-order chi connectivity index (χ0) is 59.2. The van der Waals surface area contributed by atoms with Gasteiger partial charge in [-0.25, -0.2) is 0 Å². The van der Waals surface area contributed by atoms with Crippen LogP contribution in [-0.4, -0.2) is 47.4 Å². The Balaban J connectivity index is 3.36. The maximum absolute atomic E-state index is 12.5. The molecule has 0 aliphatic carbocycles. The molecule has 0 aliphatic heterocycles. The highest BCUT2D eigenvalue weighted by molar-refractivity contribution is 5.76. The summed E-state index contributed by atoms with van der Waals surface area (Å²) in [6, 6.07) is -0.541. The number of carbonyl (C=O) groups is 2. The molecule has 6 nitrogen and oxygen atoms in total. The predicted molar refractivity (Wildman–Crippen MR) is 361 cm³/mol. The van der Waals surface area contributed by atoms with Crippen molar-refractivity contribution in [2.45, 2.75) is 424 Å². The fourth-order valence-corrected chi connectivity index (χ4v) is 11.7. The van der Waals surface area contributed by atoms with E-state index in [1.807, 2.05) is 0 Å². The fourth-order valence-electron chi connectivity index (χ4n) is 11.7. The summed E-state index contributed by atoms with van der Waals surface area (Å²) in [7, 11) is 0. The van der Waals surface area contributed by atoms with Gasteiger partial charge >= 0.3 is 5.97 Å². The Hall–Kier alpha value is -1.92. The molecule has 0 aromatic heterocycles. The van der Waals surface area contributed by atoms with E-state index in [1.165, 1.54) is 327 Å². The number of hydrogen-bond donors (Lipinski definition) is 3. The number of aliphatic hydroxyl groups excluding tert-OH is 2. The average Bonchev–Trinajstić information content (AvgIpc) is 3.48. The van der Waals surface area contributed by atoms with E-state index >= 15 is 0 Å². The molecule has 0 saturated heterocycles. The monoisotopic (exact) mass is 1150 g/mol. The third kappa shape index (κ3) is 67.2. The van der Waals surface area contributed by atoms with Crippen molar-refractivity contribution in [2.24, 2.45) is 0 Å². The van der Waals surface area contributed by atoms with Gasteiger partial charge in [0.15, 0.2) is 0 Å². The number of amides is 1. The van der Waals surface area contributed by atoms with Crippen molar-refractivity contribution in [3.05, 3.63) is 36.5 Å². The molecule has 0 heterocycles. The number of allylic oxidation sites excluding steroid dienone is 6. The van der Waals surface area contributed by atoms with Gasteiger partial charge in [0.2, 0.25) is 5.91 Å². The van der Waals surface area contributed by atoms with Gasteiger partial charge in [0.25, 0.3) is 0 Å². The van der Waals surface area contributed by atoms with Gasteiger partial charge in [-0.3, -0.25) is 9.59 Å². The van der Waals surface area contributed by atoms with Gasteiger partial charge in [-0.2, -0.15) is 0 Å². The van der Waals surface area contributed by atoms with Gasteiger partial charge in [-0.05, 0) is 83.5 Å². The quantitative estimate of drug-likeness (QED) is 0.0320. The highest BCUT2D eigenvalue weighted by Gasteiger charge is 2.20. The zero-order valence-corrected chi connectivity index (χ0v) is 55.5. The predicted octanol–water partition coefficient (Wildman–Crippen LogP) is 24.3. The number of hydrogen-bond acceptors (Lipinski definition) is 5. The smallest absolute Gasteiger partial charge is 0.305 e. The second-order valence-corrected chi connectivity index (χ2v) is 25.6. The third-order valence-electron chi connectivity index (χ3n) is 17.4. The molecule has 0 radical (unpaired) electrons. The standard InChI is InChI=1S/C76H145NO5/c1-3-5-7-9-11-13-15-17-19-21-33-38-42-46-50-54-58-62-66-70-76(81)82-71-67-63-59-55-51-47-43-39-35-32-30-28-26-24-22-23-25-27-29-31-34-37-41-45-49-53-57-61-65-69-75(80)77-73(72-78)74(79)68-64-60-56-52-48-44-40-36-20-18-16-14-12-10-8-6-4-2/h11,13,17,19,22,24,73-74,78-79H,3-10,12,14-16,18,20-21,23,25-72H2,1-2H3,(H,77,80)/b13-11-,19-17-,24-22-. The number of aliphatic hydroxyl groups is 2. The van der Waals surface area contributed by atoms with Crippen LogP contribution < -0.4 is 5.32 Å². The number of carbonyl (C=O) groups excluding carboxylic acids is 2. The Morgan fingerprint density at radius 2 is 0.610 bits per heavy atom. The summed E-state index contributed by atoms with van der Waals surface area (Å²) in [4.78, 5) is 24.6. The van der Waals surface area contributed by atoms with Crippen molar-refractivity contribution >= 4 is 11.9 Å². The van der Waals surface area contributed by atoms with E-state index in [1.54, 1.807) is 0 Å². The van der Waals surface area contributed by atoms with Crippen LogP contribution in [0.1, 0.15) is 412 Å². The first kappa shape index (κ1) is 80.1. The molecule has 3 N–H and O–H groups in total. The summed E-state index contributed by atoms with van der Waals surface area (Å²) in [5.74, 6) is -0.0173. The molecular formula is C76H145NO5. The maximum Gasteiger partial charge on any atom is 0.305 e. The molecule has 82 heavy (non-hydrogen) atoms. The highest BCUT2D eigenvalue weighted by Crippen LogP contribution is 2.19. The van der Waals surface area contributed by atoms with E-state index in [0.29, 0.717) is 25.9 Å². The first-order valence-electron chi connectivity index (χ1n) is 37.2. The summed E-state index contributed by atoms with van der Waals surface area (Å²) < 4.78 is 5.51. The lowest BCUT2D eigenvalue weighted by Crippen LogP contribution is -2.45. The van der Waals surface area contributed by atoms with E-state index in [2.05, 4.69) is 55.6 Å². The van der Waals surface area contributed by atoms with Crippen LogP contribution in [-0.2, 0) is 14.3 Å². The minimum Gasteiger partial charge on any atom is -0.466 e. The molecule has 2 unspecified atom stereocenters. The molecule has 0 spiro atoms. The Labute approximate surface area is 513 Å². The van der Waals surface area contributed by atoms with E-state index < -0.39 is 12.1 Å². The first-order valence-corrected chi connectivity index (χ1v) is 37.2. The molecule has 0 aliphatic rings. The van der Waals surface area contributed by atoms with Crippen LogP contribution in [0.25, 0.3) is 0 Å². The van der Waals surface area contributed by atoms with Gasteiger partial charge in [0.1, 0.15) is 0 Å². The number of esters is 1. The van der Waals surface area contributed by atoms with Crippen LogP contribution in [0.4, 0.5) is 0 Å². The largest absolute Gasteiger partial charge is 0.466 e. The van der Waals surface area contributed by atoms with Crippen molar-refractivity contribution in [3.63, 3.8) is 0 Å². The van der Waals surface area contributed by atoms with E-state index in [4.69, 9.17) is 4.74 Å². The molecule has 0 saturated carbocycles. The van der Waals surface area contributed by atoms with E-state index in [0.717, 1.165) is 51.4 Å². The summed E-state index contributed by atoms with van der Waals surface area (Å²) >= 11 is 0. The van der Waals surface area contributed by atoms with Crippen molar-refractivity contribution in [3.8, 4) is 0 Å². The molecular weight excluding hydrogens is 1010 g/mol. The van der Waals surface area contributed by atoms with Crippen LogP contribution in [0.2, 0.25) is 0 Å². The number of ether oxygens (including phenoxy) is 1. The molecule has 0 aromatic rings. The Kier molecular flexibility index (Phi) is 69.9. The molecule has 1 amide bonds. The Morgan fingerprint density at radius 3 is 0.963 bits per heavy atom. The molecule has 0 aromatic carbocycles. The van der Waals surface area contributed by atoms with E-state index in [-0.39, 0.29) is 18.5 Å². The molecule has 6 heteroatoms. The lowest BCUT2D eigenvalue weighted by molar-refractivity contribution is -0.143. The maximum atomic E-state index is 12.5. The average molecular weight is 1150 g/mol. The fraction of sp³-hybridized carbons (Fsp3) is 0.895. The molecule has 2 atom stereocenters. The van der Waals surface area contributed by atoms with Crippen LogP contribution >= 0.6 is 0 Å². The van der Waals surface area contributed by atoms with Crippen molar-refractivity contribution in [1.29, 1.82) is 0 Å². The summed E-state index contributed by atoms with van der Waals surface area (Å²) in [5.41, 5.74) is 0. The van der Waals surface area contributed by atoms with Gasteiger partial charge < -0.3 is 20.3 Å². The Bertz CT molecular complexity index is 1330. The SMILES string of the molecule is CCCCC/C=C\C/C=C\CCCCCCCCCCCC(=O)OCCCCCCCCCCCCCC/C=C\CCCCCCCCCCCCCCCC(=O)NC(CO)C(O)CCCCCCCCCCCCCCCCCCC. The molecule has 484 valence electrons. The molecule has 0 fully saturated rings. The van der Waals surface area contributed by atoms with Crippen molar-refractivity contribution in [1.82, 2.24) is 5.32 Å². The number of rotatable bonds is 70. The van der Waals surface area contributed by atoms with Crippen LogP contribution in [0.5, 0.6) is 0 Å². The second-order valence-electron chi connectivity index (χ2n) is 25.6. The number of unbranched alkanes of at least 4 members (excludes halogenated alkanes) is 53. The van der Waals surface area contributed by atoms with Crippen molar-refractivity contribution in [2.75, 3.05) is 13.2 Å². The number of nitrogens with one attached hydrogen (secondary N) is 1.